The third-order valence-corrected chi connectivity index (χ3v) is 12.7. The van der Waals surface area contributed by atoms with Gasteiger partial charge in [-0.05, 0) is 135 Å². The van der Waals surface area contributed by atoms with Gasteiger partial charge in [0, 0.05) is 45.0 Å². The molecule has 10 rings (SSSR count). The summed E-state index contributed by atoms with van der Waals surface area (Å²) in [5.41, 5.74) is 21.1. The fraction of sp³-hybridized carbons (Fsp3) is 0.123. The Morgan fingerprint density at radius 2 is 0.695 bits per heavy atom. The van der Waals surface area contributed by atoms with Crippen LogP contribution >= 0.6 is 0 Å². The molecule has 0 spiro atoms. The molecule has 0 aliphatic heterocycles. The Morgan fingerprint density at radius 3 is 1.25 bits per heavy atom. The molecule has 0 amide bonds. The highest BCUT2D eigenvalue weighted by Crippen LogP contribution is 2.52. The van der Waals surface area contributed by atoms with Crippen LogP contribution in [0.25, 0.3) is 34.4 Å². The Hall–Kier alpha value is -6.90. The zero-order chi connectivity index (χ0) is 40.3. The number of hydrogen-bond acceptors (Lipinski definition) is 2. The lowest BCUT2D eigenvalue weighted by Crippen LogP contribution is -2.16. The van der Waals surface area contributed by atoms with E-state index in [4.69, 9.17) is 0 Å². The second-order valence-corrected chi connectivity index (χ2v) is 17.2. The summed E-state index contributed by atoms with van der Waals surface area (Å²) < 4.78 is 0. The predicted octanol–water partition coefficient (Wildman–Crippen LogP) is 15.7. The number of fused-ring (bicyclic) bond motifs is 6. The van der Waals surface area contributed by atoms with Crippen molar-refractivity contribution in [2.75, 3.05) is 9.80 Å². The Labute approximate surface area is 349 Å². The highest BCUT2D eigenvalue weighted by Gasteiger charge is 2.37. The summed E-state index contributed by atoms with van der Waals surface area (Å²) in [6.45, 7) is 11.6. The molecule has 2 aliphatic rings. The van der Waals surface area contributed by atoms with E-state index in [-0.39, 0.29) is 10.8 Å². The van der Waals surface area contributed by atoms with E-state index in [1.807, 2.05) is 0 Å². The van der Waals surface area contributed by atoms with Crippen LogP contribution in [0.2, 0.25) is 0 Å². The first-order valence-corrected chi connectivity index (χ1v) is 20.8. The first kappa shape index (κ1) is 36.4. The van der Waals surface area contributed by atoms with Gasteiger partial charge in [0.2, 0.25) is 0 Å². The number of aryl methyl sites for hydroxylation is 1. The van der Waals surface area contributed by atoms with Gasteiger partial charge in [0.15, 0.2) is 0 Å². The van der Waals surface area contributed by atoms with Crippen LogP contribution in [0.5, 0.6) is 0 Å². The lowest BCUT2D eigenvalue weighted by molar-refractivity contribution is 0.660. The molecule has 0 N–H and O–H groups in total. The normalized spacial score (nSPS) is 14.1. The summed E-state index contributed by atoms with van der Waals surface area (Å²) in [5.74, 6) is 0. The molecule has 0 saturated carbocycles. The van der Waals surface area contributed by atoms with Crippen LogP contribution in [0.3, 0.4) is 0 Å². The SMILES string of the molecule is Cc1ccc(N(c2ccc(/C=C/c3ccc4c(c3)C(C)(C)c3cc(N(c5ccccc5)c5ccccc5)ccc3-4)cc2)c2ccc3c(c2)C(C)(C)c2ccccc2-3)cc1. The topological polar surface area (TPSA) is 6.48 Å². The second kappa shape index (κ2) is 14.2. The Kier molecular flexibility index (Phi) is 8.76. The summed E-state index contributed by atoms with van der Waals surface area (Å²) in [5, 5.41) is 0. The maximum absolute atomic E-state index is 2.40. The number of nitrogens with zero attached hydrogens (tertiary/aromatic N) is 2. The third kappa shape index (κ3) is 6.28. The Balaban J connectivity index is 0.938. The summed E-state index contributed by atoms with van der Waals surface area (Å²) in [4.78, 5) is 4.74. The summed E-state index contributed by atoms with van der Waals surface area (Å²) in [6, 6.07) is 68.9. The number of hydrogen-bond donors (Lipinski definition) is 0. The van der Waals surface area contributed by atoms with E-state index in [2.05, 4.69) is 245 Å². The molecule has 2 aliphatic carbocycles. The average Bonchev–Trinajstić information content (AvgIpc) is 3.63. The minimum absolute atomic E-state index is 0.0695. The van der Waals surface area contributed by atoms with E-state index in [9.17, 15) is 0 Å². The fourth-order valence-corrected chi connectivity index (χ4v) is 9.49. The van der Waals surface area contributed by atoms with Gasteiger partial charge in [-0.3, -0.25) is 0 Å². The maximum Gasteiger partial charge on any atom is 0.0465 e. The minimum Gasteiger partial charge on any atom is -0.310 e. The van der Waals surface area contributed by atoms with E-state index < -0.39 is 0 Å². The molecule has 0 bridgehead atoms. The van der Waals surface area contributed by atoms with Crippen LogP contribution in [-0.4, -0.2) is 0 Å². The highest BCUT2D eigenvalue weighted by molar-refractivity contribution is 5.88. The summed E-state index contributed by atoms with van der Waals surface area (Å²) in [6.07, 6.45) is 4.49. The molecule has 0 radical (unpaired) electrons. The molecule has 0 unspecified atom stereocenters. The molecule has 2 heteroatoms. The molecule has 8 aromatic carbocycles. The van der Waals surface area contributed by atoms with Crippen molar-refractivity contribution in [3.05, 3.63) is 227 Å². The lowest BCUT2D eigenvalue weighted by atomic mass is 9.81. The highest BCUT2D eigenvalue weighted by atomic mass is 15.1. The molecule has 59 heavy (non-hydrogen) atoms. The van der Waals surface area contributed by atoms with E-state index in [1.165, 1.54) is 61.3 Å². The van der Waals surface area contributed by atoms with E-state index in [0.29, 0.717) is 0 Å². The molecule has 0 saturated heterocycles. The quantitative estimate of drug-likeness (QED) is 0.142. The van der Waals surface area contributed by atoms with E-state index in [1.54, 1.807) is 0 Å². The zero-order valence-corrected chi connectivity index (χ0v) is 34.4. The van der Waals surface area contributed by atoms with Gasteiger partial charge < -0.3 is 9.80 Å². The van der Waals surface area contributed by atoms with Crippen molar-refractivity contribution in [2.45, 2.75) is 45.4 Å². The van der Waals surface area contributed by atoms with E-state index in [0.717, 1.165) is 34.0 Å². The smallest absolute Gasteiger partial charge is 0.0465 e. The molecule has 2 nitrogen and oxygen atoms in total. The van der Waals surface area contributed by atoms with Crippen molar-refractivity contribution in [3.8, 4) is 22.3 Å². The predicted molar refractivity (Wildman–Crippen MR) is 251 cm³/mol. The van der Waals surface area contributed by atoms with Gasteiger partial charge >= 0.3 is 0 Å². The molecule has 0 heterocycles. The maximum atomic E-state index is 2.40. The van der Waals surface area contributed by atoms with Crippen molar-refractivity contribution in [1.29, 1.82) is 0 Å². The molecule has 286 valence electrons. The Morgan fingerprint density at radius 1 is 0.322 bits per heavy atom. The third-order valence-electron chi connectivity index (χ3n) is 12.7. The monoisotopic (exact) mass is 760 g/mol. The van der Waals surface area contributed by atoms with Crippen LogP contribution in [0, 0.1) is 6.92 Å². The second-order valence-electron chi connectivity index (χ2n) is 17.2. The summed E-state index contributed by atoms with van der Waals surface area (Å²) in [7, 11) is 0. The van der Waals surface area contributed by atoms with Crippen molar-refractivity contribution in [2.24, 2.45) is 0 Å². The summed E-state index contributed by atoms with van der Waals surface area (Å²) >= 11 is 0. The van der Waals surface area contributed by atoms with Crippen LogP contribution in [0.1, 0.15) is 66.6 Å². The fourth-order valence-electron chi connectivity index (χ4n) is 9.49. The molecule has 8 aromatic rings. The average molecular weight is 761 g/mol. The number of para-hydroxylation sites is 2. The number of anilines is 6. The zero-order valence-electron chi connectivity index (χ0n) is 34.4. The van der Waals surface area contributed by atoms with Gasteiger partial charge in [0.25, 0.3) is 0 Å². The van der Waals surface area contributed by atoms with Crippen molar-refractivity contribution in [1.82, 2.24) is 0 Å². The minimum atomic E-state index is -0.153. The van der Waals surface area contributed by atoms with Crippen LogP contribution in [-0.2, 0) is 10.8 Å². The largest absolute Gasteiger partial charge is 0.310 e. The van der Waals surface area contributed by atoms with Crippen molar-refractivity contribution in [3.63, 3.8) is 0 Å². The molecular weight excluding hydrogens is 713 g/mol. The number of benzene rings is 8. The first-order valence-electron chi connectivity index (χ1n) is 20.8. The molecule has 0 atom stereocenters. The van der Waals surface area contributed by atoms with Crippen molar-refractivity contribution >= 4 is 46.3 Å². The van der Waals surface area contributed by atoms with Crippen LogP contribution < -0.4 is 9.80 Å². The van der Waals surface area contributed by atoms with Gasteiger partial charge in [-0.1, -0.05) is 161 Å². The van der Waals surface area contributed by atoms with Gasteiger partial charge in [-0.15, -0.1) is 0 Å². The first-order chi connectivity index (χ1) is 28.7. The van der Waals surface area contributed by atoms with Gasteiger partial charge in [-0.2, -0.15) is 0 Å². The molecular formula is C57H48N2. The van der Waals surface area contributed by atoms with Crippen LogP contribution in [0.15, 0.2) is 188 Å². The van der Waals surface area contributed by atoms with E-state index >= 15 is 0 Å². The van der Waals surface area contributed by atoms with Crippen molar-refractivity contribution < 1.29 is 0 Å². The molecule has 0 aromatic heterocycles. The standard InChI is InChI=1S/C57H48N2/c1-39-20-27-44(28-21-39)59(47-31-34-50-48-18-12-13-19-52(48)56(2,3)54(50)37-47)45-29-24-40(25-30-45)22-23-41-26-33-49-51-35-32-46(38-55(51)57(4,5)53(49)36-41)58(42-14-8-6-9-15-42)43-16-10-7-11-17-43/h6-38H,1-5H3/b23-22+. The Bertz CT molecular complexity index is 2820. The number of rotatable bonds is 8. The molecule has 0 fully saturated rings. The van der Waals surface area contributed by atoms with Gasteiger partial charge in [0.1, 0.15) is 0 Å². The van der Waals surface area contributed by atoms with Gasteiger partial charge in [-0.25, -0.2) is 0 Å². The van der Waals surface area contributed by atoms with Crippen LogP contribution in [0.4, 0.5) is 34.1 Å². The lowest BCUT2D eigenvalue weighted by Gasteiger charge is -2.28. The van der Waals surface area contributed by atoms with Gasteiger partial charge in [0.05, 0.1) is 0 Å².